The largest absolute Gasteiger partial charge is 0.349 e. The number of aliphatic imine (C=N–C) groups is 1. The Morgan fingerprint density at radius 3 is 2.82 bits per heavy atom. The van der Waals surface area contributed by atoms with Gasteiger partial charge < -0.3 is 10.2 Å². The molecular weight excluding hydrogens is 467 g/mol. The highest BCUT2D eigenvalue weighted by Gasteiger charge is 2.27. The van der Waals surface area contributed by atoms with Crippen molar-refractivity contribution >= 4 is 29.9 Å². The average molecular weight is 492 g/mol. The zero-order chi connectivity index (χ0) is 18.6. The highest BCUT2D eigenvalue weighted by atomic mass is 127. The quantitative estimate of drug-likeness (QED) is 0.344. The first-order valence-corrected chi connectivity index (χ1v) is 9.13. The normalized spacial score (nSPS) is 16.9. The molecule has 0 bridgehead atoms. The van der Waals surface area contributed by atoms with Crippen molar-refractivity contribution in [3.63, 3.8) is 0 Å². The zero-order valence-electron chi connectivity index (χ0n) is 16.1. The number of aryl methyl sites for hydroxylation is 1. The van der Waals surface area contributed by atoms with Gasteiger partial charge >= 0.3 is 0 Å². The van der Waals surface area contributed by atoms with E-state index in [1.807, 2.05) is 59.9 Å². The molecule has 0 saturated carbocycles. The molecule has 1 saturated heterocycles. The molecule has 3 heterocycles. The van der Waals surface area contributed by atoms with Crippen LogP contribution in [0, 0.1) is 0 Å². The Morgan fingerprint density at radius 2 is 2.11 bits per heavy atom. The summed E-state index contributed by atoms with van der Waals surface area (Å²) >= 11 is 0. The minimum Gasteiger partial charge on any atom is -0.349 e. The van der Waals surface area contributed by atoms with Gasteiger partial charge in [0.15, 0.2) is 11.8 Å². The number of para-hydroxylation sites is 1. The van der Waals surface area contributed by atoms with Gasteiger partial charge in [0, 0.05) is 45.0 Å². The number of hydrogen-bond donors (Lipinski definition) is 1. The molecule has 0 spiro atoms. The third-order valence-corrected chi connectivity index (χ3v) is 4.95. The summed E-state index contributed by atoms with van der Waals surface area (Å²) in [5.74, 6) is 2.24. The van der Waals surface area contributed by atoms with Crippen LogP contribution in [-0.4, -0.2) is 55.5 Å². The fourth-order valence-electron chi connectivity index (χ4n) is 3.55. The minimum atomic E-state index is 0. The van der Waals surface area contributed by atoms with Gasteiger partial charge in [-0.1, -0.05) is 18.2 Å². The van der Waals surface area contributed by atoms with E-state index in [2.05, 4.69) is 36.7 Å². The highest BCUT2D eigenvalue weighted by Crippen LogP contribution is 2.26. The van der Waals surface area contributed by atoms with Gasteiger partial charge in [0.1, 0.15) is 6.33 Å². The highest BCUT2D eigenvalue weighted by molar-refractivity contribution is 14.0. The summed E-state index contributed by atoms with van der Waals surface area (Å²) in [5, 5.41) is 16.0. The topological polar surface area (TPSA) is 76.2 Å². The van der Waals surface area contributed by atoms with Crippen molar-refractivity contribution in [1.29, 1.82) is 0 Å². The molecule has 0 aliphatic carbocycles. The monoisotopic (exact) mass is 492 g/mol. The van der Waals surface area contributed by atoms with Gasteiger partial charge in [0.05, 0.1) is 12.7 Å². The van der Waals surface area contributed by atoms with Crippen molar-refractivity contribution in [3.05, 3.63) is 60.4 Å². The lowest BCUT2D eigenvalue weighted by molar-refractivity contribution is 0.484. The lowest BCUT2D eigenvalue weighted by Gasteiger charge is -2.21. The Bertz CT molecular complexity index is 917. The number of benzene rings is 1. The van der Waals surface area contributed by atoms with Gasteiger partial charge in [-0.15, -0.1) is 34.2 Å². The molecule has 0 radical (unpaired) electrons. The predicted molar refractivity (Wildman–Crippen MR) is 119 cm³/mol. The predicted octanol–water partition coefficient (Wildman–Crippen LogP) is 2.18. The number of halogens is 1. The summed E-state index contributed by atoms with van der Waals surface area (Å²) in [6, 6.07) is 10.1. The number of nitrogens with one attached hydrogen (secondary N) is 1. The Morgan fingerprint density at radius 1 is 1.29 bits per heavy atom. The van der Waals surface area contributed by atoms with Crippen LogP contribution in [0.15, 0.2) is 54.0 Å². The molecule has 9 heteroatoms. The zero-order valence-corrected chi connectivity index (χ0v) is 18.4. The molecule has 148 valence electrons. The summed E-state index contributed by atoms with van der Waals surface area (Å²) in [7, 11) is 3.78. The van der Waals surface area contributed by atoms with E-state index in [1.54, 1.807) is 6.33 Å². The second-order valence-corrected chi connectivity index (χ2v) is 6.73. The van der Waals surface area contributed by atoms with Gasteiger partial charge in [-0.2, -0.15) is 5.10 Å². The fraction of sp³-hybridized carbons (Fsp3) is 0.368. The molecular formula is C19H25IN8. The van der Waals surface area contributed by atoms with Crippen LogP contribution in [0.2, 0.25) is 0 Å². The summed E-state index contributed by atoms with van der Waals surface area (Å²) in [6.45, 7) is 2.48. The Labute approximate surface area is 181 Å². The van der Waals surface area contributed by atoms with Crippen LogP contribution in [0.4, 0.5) is 0 Å². The van der Waals surface area contributed by atoms with Crippen molar-refractivity contribution in [3.8, 4) is 5.69 Å². The number of rotatable bonds is 4. The first-order valence-electron chi connectivity index (χ1n) is 9.13. The van der Waals surface area contributed by atoms with E-state index in [-0.39, 0.29) is 24.0 Å². The molecule has 2 aromatic heterocycles. The fourth-order valence-corrected chi connectivity index (χ4v) is 3.55. The molecule has 1 aromatic carbocycles. The number of aromatic nitrogens is 5. The SMILES string of the molecule is CN=C(NCc1nncn1-c1ccccc1)N1CCC(c2cnn(C)c2)C1.I. The lowest BCUT2D eigenvalue weighted by Crippen LogP contribution is -2.40. The maximum atomic E-state index is 4.46. The maximum Gasteiger partial charge on any atom is 0.194 e. The second kappa shape index (κ2) is 9.18. The minimum absolute atomic E-state index is 0. The van der Waals surface area contributed by atoms with E-state index in [9.17, 15) is 0 Å². The Kier molecular flexibility index (Phi) is 6.65. The van der Waals surface area contributed by atoms with E-state index >= 15 is 0 Å². The molecule has 4 rings (SSSR count). The molecule has 3 aromatic rings. The van der Waals surface area contributed by atoms with Crippen molar-refractivity contribution in [2.75, 3.05) is 20.1 Å². The second-order valence-electron chi connectivity index (χ2n) is 6.73. The number of nitrogens with zero attached hydrogens (tertiary/aromatic N) is 7. The van der Waals surface area contributed by atoms with E-state index in [0.29, 0.717) is 12.5 Å². The molecule has 1 atom stereocenters. The molecule has 0 amide bonds. The molecule has 28 heavy (non-hydrogen) atoms. The van der Waals surface area contributed by atoms with Gasteiger partial charge in [0.2, 0.25) is 0 Å². The first kappa shape index (κ1) is 20.3. The number of hydrogen-bond acceptors (Lipinski definition) is 4. The van der Waals surface area contributed by atoms with Crippen molar-refractivity contribution < 1.29 is 0 Å². The van der Waals surface area contributed by atoms with Crippen LogP contribution in [-0.2, 0) is 13.6 Å². The Balaban J connectivity index is 0.00000225. The van der Waals surface area contributed by atoms with E-state index in [1.165, 1.54) is 5.56 Å². The van der Waals surface area contributed by atoms with Crippen LogP contribution >= 0.6 is 24.0 Å². The van der Waals surface area contributed by atoms with Crippen LogP contribution in [0.3, 0.4) is 0 Å². The van der Waals surface area contributed by atoms with Crippen molar-refractivity contribution in [2.45, 2.75) is 18.9 Å². The first-order chi connectivity index (χ1) is 13.2. The van der Waals surface area contributed by atoms with E-state index in [4.69, 9.17) is 0 Å². The smallest absolute Gasteiger partial charge is 0.194 e. The van der Waals surface area contributed by atoms with Gasteiger partial charge in [-0.05, 0) is 24.1 Å². The van der Waals surface area contributed by atoms with Crippen LogP contribution in [0.25, 0.3) is 5.69 Å². The summed E-state index contributed by atoms with van der Waals surface area (Å²) in [5.41, 5.74) is 2.34. The van der Waals surface area contributed by atoms with Gasteiger partial charge in [0.25, 0.3) is 0 Å². The molecule has 1 N–H and O–H groups in total. The molecule has 1 aliphatic heterocycles. The van der Waals surface area contributed by atoms with E-state index < -0.39 is 0 Å². The summed E-state index contributed by atoms with van der Waals surface area (Å²) in [4.78, 5) is 6.75. The standard InChI is InChI=1S/C19H24N8.HI/c1-20-19(26-9-8-15(13-26)16-10-23-25(2)12-16)21-11-18-24-22-14-27(18)17-6-4-3-5-7-17;/h3-7,10,12,14-15H,8-9,11,13H2,1-2H3,(H,20,21);1H. The Hall–Kier alpha value is -2.43. The summed E-state index contributed by atoms with van der Waals surface area (Å²) < 4.78 is 3.85. The number of likely N-dealkylation sites (tertiary alicyclic amines) is 1. The van der Waals surface area contributed by atoms with Crippen LogP contribution < -0.4 is 5.32 Å². The number of guanidine groups is 1. The lowest BCUT2D eigenvalue weighted by atomic mass is 10.0. The van der Waals surface area contributed by atoms with Crippen LogP contribution in [0.5, 0.6) is 0 Å². The van der Waals surface area contributed by atoms with Gasteiger partial charge in [-0.3, -0.25) is 14.2 Å². The maximum absolute atomic E-state index is 4.46. The molecule has 1 fully saturated rings. The van der Waals surface area contributed by atoms with E-state index in [0.717, 1.165) is 37.0 Å². The van der Waals surface area contributed by atoms with Crippen LogP contribution in [0.1, 0.15) is 23.7 Å². The molecule has 1 unspecified atom stereocenters. The summed E-state index contributed by atoms with van der Waals surface area (Å²) in [6.07, 6.45) is 6.91. The molecule has 8 nitrogen and oxygen atoms in total. The average Bonchev–Trinajstić information content (AvgIpc) is 3.43. The van der Waals surface area contributed by atoms with Gasteiger partial charge in [-0.25, -0.2) is 0 Å². The van der Waals surface area contributed by atoms with Crippen molar-refractivity contribution in [2.24, 2.45) is 12.0 Å². The van der Waals surface area contributed by atoms with Crippen molar-refractivity contribution in [1.82, 2.24) is 34.8 Å². The third kappa shape index (κ3) is 4.34. The third-order valence-electron chi connectivity index (χ3n) is 4.95. The molecule has 1 aliphatic rings.